The molecule has 0 saturated heterocycles. The minimum Gasteiger partial charge on any atom is -0.455 e. The quantitative estimate of drug-likeness (QED) is 0.520. The van der Waals surface area contributed by atoms with Gasteiger partial charge in [0.1, 0.15) is 11.2 Å². The van der Waals surface area contributed by atoms with Crippen LogP contribution in [0.2, 0.25) is 0 Å². The van der Waals surface area contributed by atoms with Gasteiger partial charge in [-0.15, -0.1) is 0 Å². The van der Waals surface area contributed by atoms with Crippen molar-refractivity contribution in [2.24, 2.45) is 0 Å². The largest absolute Gasteiger partial charge is 0.455 e. The molecule has 1 heterocycles. The molecular weight excluding hydrogens is 284 g/mol. The molecule has 1 aromatic heterocycles. The molecule has 4 aromatic rings. The fraction of sp³-hybridized carbons (Fsp3) is 0.0500. The zero-order chi connectivity index (χ0) is 15.8. The number of fused-ring (bicyclic) bond motifs is 3. The Bertz CT molecular complexity index is 1030. The first-order valence-electron chi connectivity index (χ1n) is 7.56. The van der Waals surface area contributed by atoms with Crippen molar-refractivity contribution in [3.8, 4) is 0 Å². The normalized spacial score (nSPS) is 11.0. The molecule has 0 atom stereocenters. The summed E-state index contributed by atoms with van der Waals surface area (Å²) in [5.41, 5.74) is 4.68. The van der Waals surface area contributed by atoms with Crippen LogP contribution in [0.15, 0.2) is 71.1 Å². The Morgan fingerprint density at radius 1 is 0.826 bits per heavy atom. The molecule has 0 unspecified atom stereocenters. The van der Waals surface area contributed by atoms with Gasteiger partial charge >= 0.3 is 0 Å². The predicted molar refractivity (Wildman–Crippen MR) is 95.6 cm³/mol. The van der Waals surface area contributed by atoms with E-state index in [1.165, 1.54) is 0 Å². The summed E-state index contributed by atoms with van der Waals surface area (Å²) in [6.07, 6.45) is 0. The van der Waals surface area contributed by atoms with Crippen LogP contribution in [0.25, 0.3) is 21.9 Å². The molecule has 3 aromatic carbocycles. The highest BCUT2D eigenvalue weighted by molar-refractivity contribution is 6.21. The average Bonchev–Trinajstić information content (AvgIpc) is 3.00. The van der Waals surface area contributed by atoms with Gasteiger partial charge in [-0.05, 0) is 18.2 Å². The van der Waals surface area contributed by atoms with Crippen molar-refractivity contribution in [2.75, 3.05) is 12.4 Å². The van der Waals surface area contributed by atoms with E-state index in [9.17, 15) is 0 Å². The van der Waals surface area contributed by atoms with Crippen LogP contribution < -0.4 is 5.32 Å². The lowest BCUT2D eigenvalue weighted by Gasteiger charge is -2.10. The third kappa shape index (κ3) is 2.09. The number of hydrogen-bond donors (Lipinski definition) is 2. The number of benzene rings is 3. The third-order valence-electron chi connectivity index (χ3n) is 4.14. The summed E-state index contributed by atoms with van der Waals surface area (Å²) in [5.74, 6) is 0. The Morgan fingerprint density at radius 2 is 1.52 bits per heavy atom. The highest BCUT2D eigenvalue weighted by Crippen LogP contribution is 2.32. The molecule has 0 bridgehead atoms. The number of furan rings is 1. The molecule has 0 amide bonds. The topological polar surface area (TPSA) is 49.0 Å². The smallest absolute Gasteiger partial charge is 0.144 e. The zero-order valence-corrected chi connectivity index (χ0v) is 12.8. The maximum atomic E-state index is 8.67. The fourth-order valence-corrected chi connectivity index (χ4v) is 3.01. The lowest BCUT2D eigenvalue weighted by atomic mass is 9.98. The molecule has 4 rings (SSSR count). The van der Waals surface area contributed by atoms with Crippen LogP contribution in [0, 0.1) is 5.41 Å². The van der Waals surface area contributed by atoms with Crippen molar-refractivity contribution >= 4 is 33.3 Å². The van der Waals surface area contributed by atoms with E-state index in [2.05, 4.69) is 11.4 Å². The summed E-state index contributed by atoms with van der Waals surface area (Å²) in [6.45, 7) is 0. The van der Waals surface area contributed by atoms with E-state index in [-0.39, 0.29) is 0 Å². The van der Waals surface area contributed by atoms with Gasteiger partial charge in [-0.2, -0.15) is 0 Å². The molecule has 3 nitrogen and oxygen atoms in total. The first-order valence-corrected chi connectivity index (χ1v) is 7.56. The molecule has 0 fully saturated rings. The molecule has 23 heavy (non-hydrogen) atoms. The van der Waals surface area contributed by atoms with Gasteiger partial charge in [0, 0.05) is 34.6 Å². The van der Waals surface area contributed by atoms with Crippen LogP contribution in [0.5, 0.6) is 0 Å². The van der Waals surface area contributed by atoms with Gasteiger partial charge in [0.2, 0.25) is 0 Å². The summed E-state index contributed by atoms with van der Waals surface area (Å²) in [6, 6.07) is 21.8. The molecule has 0 aliphatic heterocycles. The summed E-state index contributed by atoms with van der Waals surface area (Å²) in [7, 11) is 1.87. The number of nitrogens with one attached hydrogen (secondary N) is 2. The Balaban J connectivity index is 1.97. The molecule has 0 saturated carbocycles. The van der Waals surface area contributed by atoms with Crippen molar-refractivity contribution in [2.45, 2.75) is 0 Å². The van der Waals surface area contributed by atoms with Gasteiger partial charge in [-0.3, -0.25) is 5.41 Å². The Hall–Kier alpha value is -3.07. The van der Waals surface area contributed by atoms with E-state index < -0.39 is 0 Å². The highest BCUT2D eigenvalue weighted by atomic mass is 16.3. The fourth-order valence-electron chi connectivity index (χ4n) is 3.01. The van der Waals surface area contributed by atoms with Crippen molar-refractivity contribution < 1.29 is 4.42 Å². The monoisotopic (exact) mass is 300 g/mol. The Morgan fingerprint density at radius 3 is 2.39 bits per heavy atom. The lowest BCUT2D eigenvalue weighted by Crippen LogP contribution is -2.05. The van der Waals surface area contributed by atoms with Gasteiger partial charge in [0.15, 0.2) is 0 Å². The van der Waals surface area contributed by atoms with Gasteiger partial charge in [-0.1, -0.05) is 48.5 Å². The number of hydrogen-bond acceptors (Lipinski definition) is 3. The number of rotatable bonds is 3. The average molecular weight is 300 g/mol. The van der Waals surface area contributed by atoms with Crippen LogP contribution in [0.4, 0.5) is 5.69 Å². The third-order valence-corrected chi connectivity index (χ3v) is 4.14. The molecule has 0 aliphatic rings. The molecule has 0 radical (unpaired) electrons. The molecule has 0 aliphatic carbocycles. The molecule has 2 N–H and O–H groups in total. The van der Waals surface area contributed by atoms with Gasteiger partial charge in [-0.25, -0.2) is 0 Å². The minimum atomic E-state index is 0.458. The predicted octanol–water partition coefficient (Wildman–Crippen LogP) is 5.04. The van der Waals surface area contributed by atoms with Crippen molar-refractivity contribution in [3.63, 3.8) is 0 Å². The SMILES string of the molecule is CNc1ccccc1C(=N)c1cccc2c1oc1ccccc12. The highest BCUT2D eigenvalue weighted by Gasteiger charge is 2.16. The maximum Gasteiger partial charge on any atom is 0.144 e. The summed E-state index contributed by atoms with van der Waals surface area (Å²) in [4.78, 5) is 0. The van der Waals surface area contributed by atoms with Crippen molar-refractivity contribution in [3.05, 3.63) is 77.9 Å². The van der Waals surface area contributed by atoms with Crippen LogP contribution in [0.1, 0.15) is 11.1 Å². The summed E-state index contributed by atoms with van der Waals surface area (Å²) in [5, 5.41) is 13.9. The van der Waals surface area contributed by atoms with Gasteiger partial charge in [0.05, 0.1) is 5.71 Å². The Labute approximate surface area is 134 Å². The van der Waals surface area contributed by atoms with E-state index in [4.69, 9.17) is 9.83 Å². The number of para-hydroxylation sites is 3. The first kappa shape index (κ1) is 13.6. The van der Waals surface area contributed by atoms with Crippen LogP contribution in [0.3, 0.4) is 0 Å². The molecular formula is C20H16N2O. The number of anilines is 1. The second-order valence-electron chi connectivity index (χ2n) is 5.45. The lowest BCUT2D eigenvalue weighted by molar-refractivity contribution is 0.668. The summed E-state index contributed by atoms with van der Waals surface area (Å²) < 4.78 is 6.04. The van der Waals surface area contributed by atoms with E-state index in [0.29, 0.717) is 5.71 Å². The first-order chi connectivity index (χ1) is 11.3. The minimum absolute atomic E-state index is 0.458. The summed E-state index contributed by atoms with van der Waals surface area (Å²) >= 11 is 0. The van der Waals surface area contributed by atoms with Crippen molar-refractivity contribution in [1.82, 2.24) is 0 Å². The molecule has 112 valence electrons. The second kappa shape index (κ2) is 5.29. The zero-order valence-electron chi connectivity index (χ0n) is 12.8. The van der Waals surface area contributed by atoms with Crippen LogP contribution in [-0.4, -0.2) is 12.8 Å². The standard InChI is InChI=1S/C20H16N2O/c1-22-17-11-4-2-8-15(17)19(21)16-10-6-9-14-13-7-3-5-12-18(13)23-20(14)16/h2-12,21-22H,1H3. The van der Waals surface area contributed by atoms with E-state index in [1.54, 1.807) is 0 Å². The van der Waals surface area contributed by atoms with Gasteiger partial charge < -0.3 is 9.73 Å². The van der Waals surface area contributed by atoms with E-state index in [1.807, 2.05) is 67.7 Å². The van der Waals surface area contributed by atoms with Crippen LogP contribution >= 0.6 is 0 Å². The Kier molecular flexibility index (Phi) is 3.12. The van der Waals surface area contributed by atoms with E-state index in [0.717, 1.165) is 38.8 Å². The van der Waals surface area contributed by atoms with Crippen molar-refractivity contribution in [1.29, 1.82) is 5.41 Å². The molecule has 3 heteroatoms. The van der Waals surface area contributed by atoms with E-state index >= 15 is 0 Å². The molecule has 0 spiro atoms. The second-order valence-corrected chi connectivity index (χ2v) is 5.45. The van der Waals surface area contributed by atoms with Crippen LogP contribution in [-0.2, 0) is 0 Å². The van der Waals surface area contributed by atoms with Gasteiger partial charge in [0.25, 0.3) is 0 Å². The maximum absolute atomic E-state index is 8.67.